The second-order valence-electron chi connectivity index (χ2n) is 3.34. The zero-order valence-corrected chi connectivity index (χ0v) is 9.58. The quantitative estimate of drug-likeness (QED) is 0.707. The van der Waals surface area contributed by atoms with Crippen LogP contribution in [0.2, 0.25) is 0 Å². The molecule has 3 N–H and O–H groups in total. The predicted molar refractivity (Wildman–Crippen MR) is 58.3 cm³/mol. The lowest BCUT2D eigenvalue weighted by atomic mass is 10.2. The van der Waals surface area contributed by atoms with Gasteiger partial charge in [0.2, 0.25) is 0 Å². The molecule has 0 saturated carbocycles. The SMILES string of the molecule is CN(C)NS(=O)(=O)c1ccc(CN)cc1. The Kier molecular flexibility index (Phi) is 3.81. The summed E-state index contributed by atoms with van der Waals surface area (Å²) in [6.07, 6.45) is 0. The summed E-state index contributed by atoms with van der Waals surface area (Å²) in [6, 6.07) is 6.47. The van der Waals surface area contributed by atoms with Gasteiger partial charge in [-0.25, -0.2) is 13.4 Å². The van der Waals surface area contributed by atoms with E-state index in [4.69, 9.17) is 5.73 Å². The number of benzene rings is 1. The number of hydrazine groups is 1. The number of hydrogen-bond donors (Lipinski definition) is 2. The van der Waals surface area contributed by atoms with Gasteiger partial charge in [-0.1, -0.05) is 12.1 Å². The molecule has 1 aromatic carbocycles. The Morgan fingerprint density at radius 2 is 1.80 bits per heavy atom. The van der Waals surface area contributed by atoms with Gasteiger partial charge in [-0.15, -0.1) is 4.83 Å². The molecular weight excluding hydrogens is 214 g/mol. The summed E-state index contributed by atoms with van der Waals surface area (Å²) >= 11 is 0. The van der Waals surface area contributed by atoms with Crippen molar-refractivity contribution in [3.63, 3.8) is 0 Å². The molecule has 84 valence electrons. The molecule has 0 amide bonds. The van der Waals surface area contributed by atoms with Gasteiger partial charge in [-0.05, 0) is 17.7 Å². The number of nitrogens with two attached hydrogens (primary N) is 1. The number of nitrogens with one attached hydrogen (secondary N) is 1. The molecule has 0 heterocycles. The molecule has 0 fully saturated rings. The lowest BCUT2D eigenvalue weighted by Gasteiger charge is -2.12. The van der Waals surface area contributed by atoms with Crippen LogP contribution in [0.3, 0.4) is 0 Å². The first-order valence-electron chi connectivity index (χ1n) is 4.44. The summed E-state index contributed by atoms with van der Waals surface area (Å²) in [6.45, 7) is 0.404. The van der Waals surface area contributed by atoms with Crippen LogP contribution in [0.4, 0.5) is 0 Å². The molecule has 0 radical (unpaired) electrons. The molecule has 1 aromatic rings. The summed E-state index contributed by atoms with van der Waals surface area (Å²) in [5.41, 5.74) is 6.32. The molecule has 0 spiro atoms. The molecule has 15 heavy (non-hydrogen) atoms. The highest BCUT2D eigenvalue weighted by atomic mass is 32.2. The number of sulfonamides is 1. The molecule has 1 rings (SSSR count). The van der Waals surface area contributed by atoms with Gasteiger partial charge < -0.3 is 5.73 Å². The summed E-state index contributed by atoms with van der Waals surface area (Å²) in [4.78, 5) is 2.58. The maximum atomic E-state index is 11.7. The molecular formula is C9H15N3O2S. The van der Waals surface area contributed by atoms with Crippen LogP contribution in [0.15, 0.2) is 29.2 Å². The van der Waals surface area contributed by atoms with Gasteiger partial charge in [0, 0.05) is 20.6 Å². The van der Waals surface area contributed by atoms with Gasteiger partial charge in [0.25, 0.3) is 10.0 Å². The van der Waals surface area contributed by atoms with Crippen LogP contribution in [0.25, 0.3) is 0 Å². The Labute approximate surface area is 89.9 Å². The van der Waals surface area contributed by atoms with Crippen LogP contribution in [0.5, 0.6) is 0 Å². The lowest BCUT2D eigenvalue weighted by molar-refractivity contribution is 0.364. The Morgan fingerprint density at radius 1 is 1.27 bits per heavy atom. The number of nitrogens with zero attached hydrogens (tertiary/aromatic N) is 1. The summed E-state index contributed by atoms with van der Waals surface area (Å²) < 4.78 is 23.3. The van der Waals surface area contributed by atoms with Crippen LogP contribution in [-0.2, 0) is 16.6 Å². The van der Waals surface area contributed by atoms with Crippen molar-refractivity contribution in [3.05, 3.63) is 29.8 Å². The zero-order valence-electron chi connectivity index (χ0n) is 8.77. The van der Waals surface area contributed by atoms with Gasteiger partial charge in [-0.2, -0.15) is 0 Å². The second kappa shape index (κ2) is 4.71. The van der Waals surface area contributed by atoms with Crippen LogP contribution in [0, 0.1) is 0 Å². The smallest absolute Gasteiger partial charge is 0.253 e. The molecule has 0 aliphatic rings. The fourth-order valence-corrected chi connectivity index (χ4v) is 2.18. The van der Waals surface area contributed by atoms with E-state index in [0.717, 1.165) is 5.56 Å². The average molecular weight is 229 g/mol. The van der Waals surface area contributed by atoms with E-state index in [1.54, 1.807) is 26.2 Å². The van der Waals surface area contributed by atoms with Gasteiger partial charge in [0.15, 0.2) is 0 Å². The molecule has 0 unspecified atom stereocenters. The maximum Gasteiger partial charge on any atom is 0.253 e. The Morgan fingerprint density at radius 3 is 2.20 bits per heavy atom. The van der Waals surface area contributed by atoms with Crippen molar-refractivity contribution in [3.8, 4) is 0 Å². The van der Waals surface area contributed by atoms with E-state index in [1.165, 1.54) is 17.1 Å². The summed E-state index contributed by atoms with van der Waals surface area (Å²) in [7, 11) is -0.216. The van der Waals surface area contributed by atoms with Crippen molar-refractivity contribution in [2.24, 2.45) is 5.73 Å². The van der Waals surface area contributed by atoms with Gasteiger partial charge in [-0.3, -0.25) is 0 Å². The van der Waals surface area contributed by atoms with Gasteiger partial charge in [0.1, 0.15) is 0 Å². The van der Waals surface area contributed by atoms with E-state index in [1.807, 2.05) is 0 Å². The van der Waals surface area contributed by atoms with Crippen molar-refractivity contribution in [2.45, 2.75) is 11.4 Å². The predicted octanol–water partition coefficient (Wildman–Crippen LogP) is -0.0998. The van der Waals surface area contributed by atoms with Crippen molar-refractivity contribution < 1.29 is 8.42 Å². The molecule has 0 aliphatic carbocycles. The highest BCUT2D eigenvalue weighted by Crippen LogP contribution is 2.09. The van der Waals surface area contributed by atoms with Crippen LogP contribution in [-0.4, -0.2) is 27.5 Å². The molecule has 0 saturated heterocycles. The normalized spacial score (nSPS) is 12.0. The second-order valence-corrected chi connectivity index (χ2v) is 5.00. The molecule has 0 atom stereocenters. The topological polar surface area (TPSA) is 75.4 Å². The minimum Gasteiger partial charge on any atom is -0.326 e. The standard InChI is InChI=1S/C9H15N3O2S/c1-12(2)11-15(13,14)9-5-3-8(7-10)4-6-9/h3-6,11H,7,10H2,1-2H3. The third-order valence-corrected chi connectivity index (χ3v) is 3.27. The lowest BCUT2D eigenvalue weighted by Crippen LogP contribution is -2.36. The monoisotopic (exact) mass is 229 g/mol. The van der Waals surface area contributed by atoms with Gasteiger partial charge >= 0.3 is 0 Å². The summed E-state index contributed by atoms with van der Waals surface area (Å²) in [5, 5.41) is 1.38. The first-order chi connectivity index (χ1) is 6.95. The van der Waals surface area contributed by atoms with Crippen LogP contribution in [0.1, 0.15) is 5.56 Å². The van der Waals surface area contributed by atoms with Crippen molar-refractivity contribution in [1.82, 2.24) is 9.84 Å². The molecule has 6 heteroatoms. The van der Waals surface area contributed by atoms with Gasteiger partial charge in [0.05, 0.1) is 4.90 Å². The fourth-order valence-electron chi connectivity index (χ4n) is 1.10. The molecule has 5 nitrogen and oxygen atoms in total. The number of rotatable bonds is 4. The Bertz CT molecular complexity index is 411. The molecule has 0 bridgehead atoms. The average Bonchev–Trinajstić information content (AvgIpc) is 2.16. The first-order valence-corrected chi connectivity index (χ1v) is 5.93. The summed E-state index contributed by atoms with van der Waals surface area (Å²) in [5.74, 6) is 0. The van der Waals surface area contributed by atoms with Crippen LogP contribution < -0.4 is 10.6 Å². The maximum absolute atomic E-state index is 11.7. The first kappa shape index (κ1) is 12.1. The third kappa shape index (κ3) is 3.28. The van der Waals surface area contributed by atoms with Crippen molar-refractivity contribution in [1.29, 1.82) is 0 Å². The third-order valence-electron chi connectivity index (χ3n) is 1.77. The van der Waals surface area contributed by atoms with E-state index in [2.05, 4.69) is 4.83 Å². The van der Waals surface area contributed by atoms with E-state index in [-0.39, 0.29) is 4.90 Å². The zero-order chi connectivity index (χ0) is 11.5. The minimum atomic E-state index is -3.45. The number of hydrogen-bond acceptors (Lipinski definition) is 4. The fraction of sp³-hybridized carbons (Fsp3) is 0.333. The van der Waals surface area contributed by atoms with Crippen molar-refractivity contribution >= 4 is 10.0 Å². The highest BCUT2D eigenvalue weighted by Gasteiger charge is 2.13. The van der Waals surface area contributed by atoms with E-state index in [9.17, 15) is 8.42 Å². The molecule has 0 aliphatic heterocycles. The largest absolute Gasteiger partial charge is 0.326 e. The van der Waals surface area contributed by atoms with E-state index in [0.29, 0.717) is 6.54 Å². The Hall–Kier alpha value is -0.950. The van der Waals surface area contributed by atoms with Crippen molar-refractivity contribution in [2.75, 3.05) is 14.1 Å². The highest BCUT2D eigenvalue weighted by molar-refractivity contribution is 7.89. The molecule has 0 aromatic heterocycles. The van der Waals surface area contributed by atoms with E-state index >= 15 is 0 Å². The van der Waals surface area contributed by atoms with Crippen LogP contribution >= 0.6 is 0 Å². The van der Waals surface area contributed by atoms with E-state index < -0.39 is 10.0 Å². The Balaban J connectivity index is 2.96. The minimum absolute atomic E-state index is 0.230.